The van der Waals surface area contributed by atoms with Crippen molar-refractivity contribution in [3.63, 3.8) is 0 Å². The number of pyridine rings is 1. The van der Waals surface area contributed by atoms with E-state index in [0.29, 0.717) is 18.1 Å². The van der Waals surface area contributed by atoms with Crippen molar-refractivity contribution >= 4 is 11.9 Å². The van der Waals surface area contributed by atoms with Gasteiger partial charge in [0.05, 0.1) is 12.0 Å². The van der Waals surface area contributed by atoms with Gasteiger partial charge in [0, 0.05) is 23.4 Å². The topological polar surface area (TPSA) is 91.4 Å². The number of carbonyl (C=O) groups is 2. The van der Waals surface area contributed by atoms with Gasteiger partial charge in [-0.1, -0.05) is 72.8 Å². The minimum atomic E-state index is -1.32. The standard InChI is InChI=1S/C28H24N2O4.Na/c31-27(30-25(28(32)33)17-20-7-3-1-4-8-20)23-13-11-22(12-14-23)24-15-16-26(29-18-24)34-19-21-9-5-2-6-10-21;/h1-16,18,25H,17,19H2,(H,30,31)(H,32,33);/q;+1/p-1. The van der Waals surface area contributed by atoms with Crippen molar-refractivity contribution in [3.8, 4) is 17.0 Å². The second kappa shape index (κ2) is 12.9. The number of ether oxygens (including phenoxy) is 1. The van der Waals surface area contributed by atoms with E-state index in [2.05, 4.69) is 10.3 Å². The summed E-state index contributed by atoms with van der Waals surface area (Å²) in [7, 11) is 0. The van der Waals surface area contributed by atoms with Crippen molar-refractivity contribution in [2.45, 2.75) is 19.1 Å². The van der Waals surface area contributed by atoms with Crippen LogP contribution in [-0.2, 0) is 17.8 Å². The summed E-state index contributed by atoms with van der Waals surface area (Å²) in [5, 5.41) is 14.1. The van der Waals surface area contributed by atoms with Crippen LogP contribution in [0.15, 0.2) is 103 Å². The van der Waals surface area contributed by atoms with E-state index in [1.165, 1.54) is 0 Å². The number of aromatic nitrogens is 1. The van der Waals surface area contributed by atoms with Crippen molar-refractivity contribution < 1.29 is 49.0 Å². The number of carboxylic acids is 1. The van der Waals surface area contributed by atoms with E-state index in [9.17, 15) is 14.7 Å². The molecule has 1 amide bonds. The van der Waals surface area contributed by atoms with Crippen molar-refractivity contribution in [1.29, 1.82) is 0 Å². The van der Waals surface area contributed by atoms with E-state index in [0.717, 1.165) is 22.3 Å². The SMILES string of the molecule is O=C(NC(Cc1ccccc1)C(=O)[O-])c1ccc(-c2ccc(OCc3ccccc3)nc2)cc1.[Na+]. The maximum absolute atomic E-state index is 12.6. The maximum Gasteiger partial charge on any atom is 1.00 e. The molecule has 6 nitrogen and oxygen atoms in total. The molecule has 1 unspecified atom stereocenters. The van der Waals surface area contributed by atoms with Gasteiger partial charge < -0.3 is 20.0 Å². The Morgan fingerprint density at radius 3 is 1.97 bits per heavy atom. The van der Waals surface area contributed by atoms with Gasteiger partial charge in [-0.25, -0.2) is 4.98 Å². The molecule has 0 aliphatic carbocycles. The average Bonchev–Trinajstić information content (AvgIpc) is 2.88. The molecule has 0 saturated heterocycles. The number of hydrogen-bond donors (Lipinski definition) is 1. The monoisotopic (exact) mass is 474 g/mol. The summed E-state index contributed by atoms with van der Waals surface area (Å²) in [5.74, 6) is -1.27. The molecule has 170 valence electrons. The van der Waals surface area contributed by atoms with E-state index < -0.39 is 17.9 Å². The van der Waals surface area contributed by atoms with Gasteiger partial charge in [-0.15, -0.1) is 0 Å². The number of hydrogen-bond acceptors (Lipinski definition) is 5. The van der Waals surface area contributed by atoms with Crippen LogP contribution in [0.3, 0.4) is 0 Å². The molecule has 4 aromatic rings. The third-order valence-electron chi connectivity index (χ3n) is 5.32. The number of nitrogens with one attached hydrogen (secondary N) is 1. The number of benzene rings is 3. The van der Waals surface area contributed by atoms with Crippen LogP contribution < -0.4 is 44.7 Å². The second-order valence-corrected chi connectivity index (χ2v) is 7.77. The third-order valence-corrected chi connectivity index (χ3v) is 5.32. The van der Waals surface area contributed by atoms with Gasteiger partial charge in [-0.3, -0.25) is 4.79 Å². The molecule has 1 N–H and O–H groups in total. The number of nitrogens with zero attached hydrogens (tertiary/aromatic N) is 1. The van der Waals surface area contributed by atoms with Gasteiger partial charge in [0.2, 0.25) is 5.88 Å². The fourth-order valence-corrected chi connectivity index (χ4v) is 3.47. The van der Waals surface area contributed by atoms with Crippen molar-refractivity contribution in [3.05, 3.63) is 120 Å². The Morgan fingerprint density at radius 1 is 0.800 bits per heavy atom. The van der Waals surface area contributed by atoms with Crippen LogP contribution in [0.2, 0.25) is 0 Å². The predicted octanol–water partition coefficient (Wildman–Crippen LogP) is 0.423. The van der Waals surface area contributed by atoms with Crippen LogP contribution in [0.5, 0.6) is 5.88 Å². The zero-order valence-electron chi connectivity index (χ0n) is 19.4. The largest absolute Gasteiger partial charge is 1.00 e. The molecule has 0 bridgehead atoms. The van der Waals surface area contributed by atoms with Gasteiger partial charge in [0.1, 0.15) is 6.61 Å². The van der Waals surface area contributed by atoms with E-state index in [-0.39, 0.29) is 36.0 Å². The fourth-order valence-electron chi connectivity index (χ4n) is 3.47. The van der Waals surface area contributed by atoms with Gasteiger partial charge in [-0.05, 0) is 41.3 Å². The molecule has 0 aliphatic rings. The van der Waals surface area contributed by atoms with Crippen LogP contribution in [0, 0.1) is 0 Å². The van der Waals surface area contributed by atoms with Gasteiger partial charge in [0.25, 0.3) is 5.91 Å². The Hall–Kier alpha value is -3.45. The van der Waals surface area contributed by atoms with Crippen LogP contribution in [0.25, 0.3) is 11.1 Å². The smallest absolute Gasteiger partial charge is 0.548 e. The normalized spacial score (nSPS) is 11.1. The molecule has 3 aromatic carbocycles. The summed E-state index contributed by atoms with van der Waals surface area (Å²) in [6.07, 6.45) is 1.86. The zero-order valence-corrected chi connectivity index (χ0v) is 21.4. The molecule has 35 heavy (non-hydrogen) atoms. The van der Waals surface area contributed by atoms with Gasteiger partial charge in [0.15, 0.2) is 0 Å². The Bertz CT molecular complexity index is 1230. The molecule has 0 saturated carbocycles. The van der Waals surface area contributed by atoms with Crippen molar-refractivity contribution in [2.24, 2.45) is 0 Å². The molecule has 0 aliphatic heterocycles. The molecular weight excluding hydrogens is 451 g/mol. The van der Waals surface area contributed by atoms with Gasteiger partial charge in [-0.2, -0.15) is 0 Å². The summed E-state index contributed by atoms with van der Waals surface area (Å²) in [6, 6.07) is 28.4. The second-order valence-electron chi connectivity index (χ2n) is 7.77. The molecule has 1 heterocycles. The zero-order chi connectivity index (χ0) is 23.8. The van der Waals surface area contributed by atoms with Crippen LogP contribution >= 0.6 is 0 Å². The Labute approximate surface area is 226 Å². The van der Waals surface area contributed by atoms with Crippen molar-refractivity contribution in [2.75, 3.05) is 0 Å². The van der Waals surface area contributed by atoms with Gasteiger partial charge >= 0.3 is 29.6 Å². The number of carbonyl (C=O) groups excluding carboxylic acids is 2. The molecular formula is C28H23N2NaO4. The third kappa shape index (κ3) is 7.52. The van der Waals surface area contributed by atoms with Crippen LogP contribution in [0.4, 0.5) is 0 Å². The maximum atomic E-state index is 12.6. The summed E-state index contributed by atoms with van der Waals surface area (Å²) < 4.78 is 5.72. The first-order chi connectivity index (χ1) is 16.6. The van der Waals surface area contributed by atoms with E-state index in [1.807, 2.05) is 66.7 Å². The summed E-state index contributed by atoms with van der Waals surface area (Å²) in [4.78, 5) is 28.5. The van der Waals surface area contributed by atoms with E-state index in [1.54, 1.807) is 36.5 Å². The first-order valence-electron chi connectivity index (χ1n) is 10.9. The van der Waals surface area contributed by atoms with Crippen molar-refractivity contribution in [1.82, 2.24) is 10.3 Å². The molecule has 0 radical (unpaired) electrons. The number of aliphatic carboxylic acids is 1. The quantitative estimate of drug-likeness (QED) is 0.355. The van der Waals surface area contributed by atoms with Crippen LogP contribution in [-0.4, -0.2) is 22.9 Å². The molecule has 7 heteroatoms. The predicted molar refractivity (Wildman–Crippen MR) is 127 cm³/mol. The van der Waals surface area contributed by atoms with Crippen LogP contribution in [0.1, 0.15) is 21.5 Å². The number of rotatable bonds is 9. The molecule has 1 atom stereocenters. The number of amides is 1. The Kier molecular flexibility index (Phi) is 9.61. The first-order valence-corrected chi connectivity index (χ1v) is 10.9. The molecule has 1 aromatic heterocycles. The molecule has 4 rings (SSSR count). The summed E-state index contributed by atoms with van der Waals surface area (Å²) in [5.41, 5.74) is 3.97. The Morgan fingerprint density at radius 2 is 1.40 bits per heavy atom. The first kappa shape index (κ1) is 26.2. The van der Waals surface area contributed by atoms with E-state index in [4.69, 9.17) is 4.74 Å². The fraction of sp³-hybridized carbons (Fsp3) is 0.107. The minimum absolute atomic E-state index is 0. The average molecular weight is 474 g/mol. The summed E-state index contributed by atoms with van der Waals surface area (Å²) in [6.45, 7) is 0.439. The summed E-state index contributed by atoms with van der Waals surface area (Å²) >= 11 is 0. The Balaban J connectivity index is 0.00000342. The minimum Gasteiger partial charge on any atom is -0.548 e. The van der Waals surface area contributed by atoms with E-state index >= 15 is 0 Å². The number of carboxylic acid groups (broad SMARTS) is 1. The molecule has 0 spiro atoms. The molecule has 0 fully saturated rings.